The lowest BCUT2D eigenvalue weighted by atomic mass is 10.1. The molecule has 3 aromatic carbocycles. The first-order valence-corrected chi connectivity index (χ1v) is 10.7. The minimum atomic E-state index is 0.586. The molecule has 0 bridgehead atoms. The van der Waals surface area contributed by atoms with Crippen LogP contribution in [0.15, 0.2) is 72.8 Å². The van der Waals surface area contributed by atoms with E-state index in [1.54, 1.807) is 6.07 Å². The summed E-state index contributed by atoms with van der Waals surface area (Å²) in [7, 11) is 0. The van der Waals surface area contributed by atoms with Gasteiger partial charge in [0.15, 0.2) is 0 Å². The quantitative estimate of drug-likeness (QED) is 0.511. The zero-order valence-corrected chi connectivity index (χ0v) is 18.5. The van der Waals surface area contributed by atoms with Gasteiger partial charge in [0.1, 0.15) is 0 Å². The normalized spacial score (nSPS) is 13.5. The molecular weight excluding hydrogens is 427 g/mol. The first kappa shape index (κ1) is 22.7. The predicted molar refractivity (Wildman–Crippen MR) is 126 cm³/mol. The molecule has 31 heavy (non-hydrogen) atoms. The average molecular weight is 449 g/mol. The van der Waals surface area contributed by atoms with Crippen LogP contribution in [-0.4, -0.2) is 31.1 Å². The first-order chi connectivity index (χ1) is 15.1. The minimum absolute atomic E-state index is 0.586. The Morgan fingerprint density at radius 1 is 0.742 bits per heavy atom. The Morgan fingerprint density at radius 2 is 1.35 bits per heavy atom. The lowest BCUT2D eigenvalue weighted by molar-refractivity contribution is 0.250. The molecule has 4 rings (SSSR count). The van der Waals surface area contributed by atoms with E-state index in [9.17, 15) is 0 Å². The SMILES string of the molecule is Clc1ccccc1.N#Cc1ccc(CN2CCN(c3ccc(C#N)cc3Cl)CC2)cc1. The highest BCUT2D eigenvalue weighted by atomic mass is 35.5. The molecule has 6 heteroatoms. The van der Waals surface area contributed by atoms with Crippen molar-refractivity contribution in [1.82, 2.24) is 4.90 Å². The van der Waals surface area contributed by atoms with Crippen LogP contribution in [0.1, 0.15) is 16.7 Å². The number of rotatable bonds is 3. The smallest absolute Gasteiger partial charge is 0.0992 e. The van der Waals surface area contributed by atoms with Gasteiger partial charge in [-0.3, -0.25) is 4.90 Å². The van der Waals surface area contributed by atoms with Crippen molar-refractivity contribution >= 4 is 28.9 Å². The van der Waals surface area contributed by atoms with Gasteiger partial charge >= 0.3 is 0 Å². The summed E-state index contributed by atoms with van der Waals surface area (Å²) in [6, 6.07) is 26.9. The molecular formula is C25H22Cl2N4. The van der Waals surface area contributed by atoms with Gasteiger partial charge in [0.25, 0.3) is 0 Å². The van der Waals surface area contributed by atoms with E-state index in [0.29, 0.717) is 16.1 Å². The van der Waals surface area contributed by atoms with Gasteiger partial charge in [-0.1, -0.05) is 53.5 Å². The zero-order valence-electron chi connectivity index (χ0n) is 17.0. The molecule has 0 spiro atoms. The number of benzene rings is 3. The van der Waals surface area contributed by atoms with E-state index in [-0.39, 0.29) is 0 Å². The summed E-state index contributed by atoms with van der Waals surface area (Å²) in [4.78, 5) is 4.66. The van der Waals surface area contributed by atoms with Crippen LogP contribution in [0.3, 0.4) is 0 Å². The number of piperazine rings is 1. The summed E-state index contributed by atoms with van der Waals surface area (Å²) in [6.45, 7) is 4.61. The van der Waals surface area contributed by atoms with E-state index in [2.05, 4.69) is 21.9 Å². The van der Waals surface area contributed by atoms with Crippen molar-refractivity contribution in [2.45, 2.75) is 6.54 Å². The van der Waals surface area contributed by atoms with Gasteiger partial charge in [-0.25, -0.2) is 0 Å². The van der Waals surface area contributed by atoms with E-state index < -0.39 is 0 Å². The summed E-state index contributed by atoms with van der Waals surface area (Å²) in [5.41, 5.74) is 3.50. The monoisotopic (exact) mass is 448 g/mol. The average Bonchev–Trinajstić information content (AvgIpc) is 2.81. The lowest BCUT2D eigenvalue weighted by Gasteiger charge is -2.36. The topological polar surface area (TPSA) is 54.1 Å². The number of nitrogens with zero attached hydrogens (tertiary/aromatic N) is 4. The Labute approximate surface area is 193 Å². The molecule has 1 heterocycles. The second-order valence-electron chi connectivity index (χ2n) is 7.15. The van der Waals surface area contributed by atoms with Crippen molar-refractivity contribution in [3.8, 4) is 12.1 Å². The molecule has 0 atom stereocenters. The molecule has 3 aromatic rings. The summed E-state index contributed by atoms with van der Waals surface area (Å²) >= 11 is 11.8. The summed E-state index contributed by atoms with van der Waals surface area (Å²) in [5.74, 6) is 0. The number of anilines is 1. The van der Waals surface area contributed by atoms with Crippen LogP contribution in [0, 0.1) is 22.7 Å². The van der Waals surface area contributed by atoms with Crippen LogP contribution in [-0.2, 0) is 6.54 Å². The largest absolute Gasteiger partial charge is 0.368 e. The third kappa shape index (κ3) is 6.74. The third-order valence-electron chi connectivity index (χ3n) is 5.01. The van der Waals surface area contributed by atoms with Crippen LogP contribution >= 0.6 is 23.2 Å². The summed E-state index contributed by atoms with van der Waals surface area (Å²) in [5, 5.41) is 19.2. The molecule has 1 saturated heterocycles. The minimum Gasteiger partial charge on any atom is -0.368 e. The highest BCUT2D eigenvalue weighted by molar-refractivity contribution is 6.33. The molecule has 4 nitrogen and oxygen atoms in total. The summed E-state index contributed by atoms with van der Waals surface area (Å²) < 4.78 is 0. The van der Waals surface area contributed by atoms with E-state index >= 15 is 0 Å². The van der Waals surface area contributed by atoms with Gasteiger partial charge in [0, 0.05) is 37.7 Å². The number of halogens is 2. The Kier molecular flexibility index (Phi) is 8.33. The van der Waals surface area contributed by atoms with Gasteiger partial charge in [-0.15, -0.1) is 0 Å². The standard InChI is InChI=1S/C19H17ClN4.C6H5Cl/c20-18-11-17(13-22)5-6-19(18)24-9-7-23(8-10-24)14-16-3-1-15(12-21)2-4-16;7-6-4-2-1-3-5-6/h1-6,11H,7-10,14H2;1-5H. The Morgan fingerprint density at radius 3 is 1.87 bits per heavy atom. The van der Waals surface area contributed by atoms with E-state index in [1.165, 1.54) is 5.56 Å². The van der Waals surface area contributed by atoms with Crippen molar-refractivity contribution in [3.63, 3.8) is 0 Å². The second kappa shape index (κ2) is 11.4. The lowest BCUT2D eigenvalue weighted by Crippen LogP contribution is -2.46. The molecule has 0 unspecified atom stereocenters. The molecule has 156 valence electrons. The fourth-order valence-electron chi connectivity index (χ4n) is 3.34. The van der Waals surface area contributed by atoms with Gasteiger partial charge in [0.05, 0.1) is 34.0 Å². The fourth-order valence-corrected chi connectivity index (χ4v) is 3.78. The van der Waals surface area contributed by atoms with Crippen molar-refractivity contribution in [2.24, 2.45) is 0 Å². The number of hydrogen-bond acceptors (Lipinski definition) is 4. The molecule has 1 aliphatic rings. The predicted octanol–water partition coefficient (Wildman–Crippen LogP) is 5.75. The Hall–Kier alpha value is -3.02. The summed E-state index contributed by atoms with van der Waals surface area (Å²) in [6.07, 6.45) is 0. The van der Waals surface area contributed by atoms with Crippen LogP contribution in [0.25, 0.3) is 0 Å². The molecule has 0 aliphatic carbocycles. The Bertz CT molecular complexity index is 1060. The van der Waals surface area contributed by atoms with Crippen LogP contribution in [0.5, 0.6) is 0 Å². The van der Waals surface area contributed by atoms with E-state index in [0.717, 1.165) is 43.4 Å². The van der Waals surface area contributed by atoms with Gasteiger partial charge < -0.3 is 4.90 Å². The molecule has 1 aliphatic heterocycles. The van der Waals surface area contributed by atoms with Gasteiger partial charge in [-0.2, -0.15) is 10.5 Å². The third-order valence-corrected chi connectivity index (χ3v) is 5.57. The molecule has 0 radical (unpaired) electrons. The maximum atomic E-state index is 8.92. The number of hydrogen-bond donors (Lipinski definition) is 0. The highest BCUT2D eigenvalue weighted by Gasteiger charge is 2.19. The Balaban J connectivity index is 0.000000330. The van der Waals surface area contributed by atoms with Crippen molar-refractivity contribution in [1.29, 1.82) is 10.5 Å². The van der Waals surface area contributed by atoms with Crippen LogP contribution in [0.2, 0.25) is 10.0 Å². The highest BCUT2D eigenvalue weighted by Crippen LogP contribution is 2.27. The maximum absolute atomic E-state index is 8.92. The molecule has 0 amide bonds. The molecule has 0 N–H and O–H groups in total. The maximum Gasteiger partial charge on any atom is 0.0992 e. The first-order valence-electron chi connectivity index (χ1n) is 9.95. The van der Waals surface area contributed by atoms with Crippen molar-refractivity contribution in [2.75, 3.05) is 31.1 Å². The van der Waals surface area contributed by atoms with Gasteiger partial charge in [0.2, 0.25) is 0 Å². The molecule has 0 aromatic heterocycles. The van der Waals surface area contributed by atoms with Gasteiger partial charge in [-0.05, 0) is 48.0 Å². The zero-order chi connectivity index (χ0) is 22.1. The van der Waals surface area contributed by atoms with Crippen molar-refractivity contribution < 1.29 is 0 Å². The van der Waals surface area contributed by atoms with E-state index in [4.69, 9.17) is 33.7 Å². The van der Waals surface area contributed by atoms with E-state index in [1.807, 2.05) is 66.7 Å². The fraction of sp³-hybridized carbons (Fsp3) is 0.200. The molecule has 1 fully saturated rings. The second-order valence-corrected chi connectivity index (χ2v) is 7.99. The van der Waals surface area contributed by atoms with Crippen LogP contribution in [0.4, 0.5) is 5.69 Å². The molecule has 0 saturated carbocycles. The number of nitriles is 2. The van der Waals surface area contributed by atoms with Crippen molar-refractivity contribution in [3.05, 3.63) is 99.5 Å². The van der Waals surface area contributed by atoms with Crippen LogP contribution < -0.4 is 4.90 Å².